The van der Waals surface area contributed by atoms with E-state index in [9.17, 15) is 0 Å². The molecule has 1 nitrogen and oxygen atoms in total. The number of nitrogens with zero attached hydrogens (tertiary/aromatic N) is 1. The molecule has 0 bridgehead atoms. The van der Waals surface area contributed by atoms with Crippen molar-refractivity contribution in [2.75, 3.05) is 0 Å². The third kappa shape index (κ3) is 3.85. The highest BCUT2D eigenvalue weighted by molar-refractivity contribution is 5.97. The molecule has 1 aromatic heterocycles. The molecule has 0 spiro atoms. The van der Waals surface area contributed by atoms with Crippen LogP contribution in [0.2, 0.25) is 0 Å². The Bertz CT molecular complexity index is 2350. The predicted octanol–water partition coefficient (Wildman–Crippen LogP) is 11.8. The minimum atomic E-state index is -0.132. The molecule has 0 N–H and O–H groups in total. The first-order chi connectivity index (χ1) is 22.3. The van der Waals surface area contributed by atoms with Gasteiger partial charge in [0.15, 0.2) is 0 Å². The van der Waals surface area contributed by atoms with E-state index >= 15 is 0 Å². The van der Waals surface area contributed by atoms with Gasteiger partial charge in [-0.2, -0.15) is 0 Å². The lowest BCUT2D eigenvalue weighted by molar-refractivity contribution is 0.652. The quantitative estimate of drug-likeness (QED) is 0.200. The first kappa shape index (κ1) is 27.1. The molecule has 0 saturated carbocycles. The highest BCUT2D eigenvalue weighted by Crippen LogP contribution is 2.56. The summed E-state index contributed by atoms with van der Waals surface area (Å²) >= 11 is 0. The average Bonchev–Trinajstić information content (AvgIpc) is 3.46. The van der Waals surface area contributed by atoms with Gasteiger partial charge in [-0.3, -0.25) is 0 Å². The summed E-state index contributed by atoms with van der Waals surface area (Å²) in [5.41, 5.74) is 17.6. The molecular formula is C45H35N. The van der Waals surface area contributed by atoms with Gasteiger partial charge in [0.1, 0.15) is 0 Å². The Labute approximate surface area is 271 Å². The molecule has 7 aromatic rings. The summed E-state index contributed by atoms with van der Waals surface area (Å²) in [5.74, 6) is 0. The highest BCUT2D eigenvalue weighted by atomic mass is 14.7. The van der Waals surface area contributed by atoms with Gasteiger partial charge < -0.3 is 0 Å². The smallest absolute Gasteiger partial charge is 0.0721 e. The van der Waals surface area contributed by atoms with Gasteiger partial charge >= 0.3 is 0 Å². The van der Waals surface area contributed by atoms with Crippen molar-refractivity contribution >= 4 is 10.8 Å². The maximum absolute atomic E-state index is 5.37. The van der Waals surface area contributed by atoms with E-state index < -0.39 is 0 Å². The van der Waals surface area contributed by atoms with Gasteiger partial charge in [-0.1, -0.05) is 137 Å². The molecular weight excluding hydrogens is 555 g/mol. The maximum atomic E-state index is 5.37. The molecule has 0 radical (unpaired) electrons. The van der Waals surface area contributed by atoms with Crippen molar-refractivity contribution in [3.05, 3.63) is 162 Å². The van der Waals surface area contributed by atoms with Gasteiger partial charge in [-0.05, 0) is 96.7 Å². The molecule has 0 unspecified atom stereocenters. The number of hydrogen-bond acceptors (Lipinski definition) is 1. The zero-order valence-corrected chi connectivity index (χ0v) is 26.7. The van der Waals surface area contributed by atoms with Crippen LogP contribution >= 0.6 is 0 Å². The van der Waals surface area contributed by atoms with E-state index in [2.05, 4.69) is 167 Å². The Kier molecular flexibility index (Phi) is 5.66. The number of fused-ring (bicyclic) bond motifs is 7. The molecule has 0 saturated heterocycles. The first-order valence-electron chi connectivity index (χ1n) is 16.3. The van der Waals surface area contributed by atoms with Crippen molar-refractivity contribution in [3.63, 3.8) is 0 Å². The lowest BCUT2D eigenvalue weighted by Crippen LogP contribution is -2.17. The van der Waals surface area contributed by atoms with Crippen molar-refractivity contribution in [2.45, 2.75) is 38.5 Å². The number of aromatic nitrogens is 1. The Balaban J connectivity index is 1.22. The van der Waals surface area contributed by atoms with E-state index in [-0.39, 0.29) is 10.8 Å². The fraction of sp³-hybridized carbons (Fsp3) is 0.133. The fourth-order valence-corrected chi connectivity index (χ4v) is 8.15. The van der Waals surface area contributed by atoms with E-state index in [1.165, 1.54) is 66.4 Å². The summed E-state index contributed by atoms with van der Waals surface area (Å²) in [6, 6.07) is 51.2. The minimum absolute atomic E-state index is 0.0202. The summed E-state index contributed by atoms with van der Waals surface area (Å²) < 4.78 is 0. The topological polar surface area (TPSA) is 12.9 Å². The summed E-state index contributed by atoms with van der Waals surface area (Å²) in [4.78, 5) is 5.37. The van der Waals surface area contributed by atoms with Crippen LogP contribution in [0.3, 0.4) is 0 Å². The van der Waals surface area contributed by atoms with Gasteiger partial charge in [0.2, 0.25) is 0 Å². The van der Waals surface area contributed by atoms with Crippen LogP contribution in [0.25, 0.3) is 66.7 Å². The zero-order valence-electron chi connectivity index (χ0n) is 26.7. The van der Waals surface area contributed by atoms with E-state index in [4.69, 9.17) is 4.98 Å². The van der Waals surface area contributed by atoms with Crippen molar-refractivity contribution in [1.29, 1.82) is 0 Å². The monoisotopic (exact) mass is 589 g/mol. The Hall–Kier alpha value is -5.27. The summed E-state index contributed by atoms with van der Waals surface area (Å²) in [6.07, 6.45) is 0. The summed E-state index contributed by atoms with van der Waals surface area (Å²) in [6.45, 7) is 9.50. The van der Waals surface area contributed by atoms with Crippen molar-refractivity contribution < 1.29 is 0 Å². The normalized spacial score (nSPS) is 14.9. The fourth-order valence-electron chi connectivity index (χ4n) is 8.15. The molecule has 0 fully saturated rings. The van der Waals surface area contributed by atoms with Crippen LogP contribution in [0, 0.1) is 0 Å². The van der Waals surface area contributed by atoms with Crippen LogP contribution in [0.15, 0.2) is 140 Å². The van der Waals surface area contributed by atoms with Crippen LogP contribution in [-0.4, -0.2) is 4.98 Å². The second-order valence-corrected chi connectivity index (χ2v) is 14.0. The summed E-state index contributed by atoms with van der Waals surface area (Å²) in [7, 11) is 0. The second-order valence-electron chi connectivity index (χ2n) is 14.0. The van der Waals surface area contributed by atoms with Crippen molar-refractivity contribution in [2.24, 2.45) is 0 Å². The third-order valence-corrected chi connectivity index (χ3v) is 10.7. The molecule has 6 aromatic carbocycles. The first-order valence-corrected chi connectivity index (χ1v) is 16.3. The number of pyridine rings is 1. The van der Waals surface area contributed by atoms with Gasteiger partial charge in [0.05, 0.1) is 11.4 Å². The molecule has 0 aliphatic heterocycles. The zero-order chi connectivity index (χ0) is 31.2. The van der Waals surface area contributed by atoms with Crippen molar-refractivity contribution in [3.8, 4) is 55.9 Å². The Morgan fingerprint density at radius 2 is 0.957 bits per heavy atom. The molecule has 220 valence electrons. The SMILES string of the molecule is CC1(C)c2ccccc2-c2cc3c(cc21)-c1ccc(-c2cc(-c4ccccc4)cc(-c4cccc5ccccc45)n2)cc1C3(C)C. The van der Waals surface area contributed by atoms with Crippen LogP contribution in [0.5, 0.6) is 0 Å². The molecule has 0 amide bonds. The van der Waals surface area contributed by atoms with Crippen LogP contribution in [0.1, 0.15) is 49.9 Å². The highest BCUT2D eigenvalue weighted by Gasteiger charge is 2.41. The van der Waals surface area contributed by atoms with Crippen LogP contribution in [-0.2, 0) is 10.8 Å². The Morgan fingerprint density at radius 3 is 1.76 bits per heavy atom. The van der Waals surface area contributed by atoms with E-state index in [0.717, 1.165) is 22.5 Å². The average molecular weight is 590 g/mol. The van der Waals surface area contributed by atoms with E-state index in [0.29, 0.717) is 0 Å². The molecule has 2 aliphatic carbocycles. The predicted molar refractivity (Wildman–Crippen MR) is 193 cm³/mol. The maximum Gasteiger partial charge on any atom is 0.0721 e. The molecule has 9 rings (SSSR count). The lowest BCUT2D eigenvalue weighted by Gasteiger charge is -2.24. The van der Waals surface area contributed by atoms with Crippen LogP contribution < -0.4 is 0 Å². The van der Waals surface area contributed by atoms with Crippen molar-refractivity contribution in [1.82, 2.24) is 4.98 Å². The van der Waals surface area contributed by atoms with Gasteiger partial charge in [-0.25, -0.2) is 4.98 Å². The number of rotatable bonds is 3. The van der Waals surface area contributed by atoms with Gasteiger partial charge in [0, 0.05) is 22.0 Å². The molecule has 0 atom stereocenters. The second kappa shape index (κ2) is 9.61. The van der Waals surface area contributed by atoms with Gasteiger partial charge in [-0.15, -0.1) is 0 Å². The minimum Gasteiger partial charge on any atom is -0.248 e. The lowest BCUT2D eigenvalue weighted by atomic mass is 9.79. The third-order valence-electron chi connectivity index (χ3n) is 10.7. The molecule has 2 aliphatic rings. The summed E-state index contributed by atoms with van der Waals surface area (Å²) in [5, 5.41) is 2.44. The number of benzene rings is 6. The van der Waals surface area contributed by atoms with Gasteiger partial charge in [0.25, 0.3) is 0 Å². The molecule has 1 heterocycles. The molecule has 1 heteroatoms. The standard InChI is InChI=1S/C45H35N/c1-44(2)38-20-11-10-18-33(38)36-26-41-37(27-40(36)44)34-22-21-30(23-39(34)45(41,3)4)42-24-31(28-13-6-5-7-14-28)25-43(46-42)35-19-12-16-29-15-8-9-17-32(29)35/h5-27H,1-4H3. The largest absolute Gasteiger partial charge is 0.248 e. The van der Waals surface area contributed by atoms with E-state index in [1.54, 1.807) is 0 Å². The number of hydrogen-bond donors (Lipinski definition) is 0. The molecule has 46 heavy (non-hydrogen) atoms. The van der Waals surface area contributed by atoms with E-state index in [1.807, 2.05) is 0 Å². The van der Waals surface area contributed by atoms with Crippen LogP contribution in [0.4, 0.5) is 0 Å². The Morgan fingerprint density at radius 1 is 0.370 bits per heavy atom.